The summed E-state index contributed by atoms with van der Waals surface area (Å²) in [5, 5.41) is 4.14. The number of halogens is 1. The van der Waals surface area contributed by atoms with Crippen molar-refractivity contribution in [1.82, 2.24) is 5.43 Å². The Kier molecular flexibility index (Phi) is 9.11. The van der Waals surface area contributed by atoms with Gasteiger partial charge in [-0.05, 0) is 41.8 Å². The number of carbonyl (C=O) groups excluding carboxylic acids is 1. The average Bonchev–Trinajstić information content (AvgIpc) is 2.74. The first-order valence-corrected chi connectivity index (χ1v) is 9.54. The molecule has 0 spiro atoms. The first-order valence-electron chi connectivity index (χ1n) is 9.16. The molecule has 0 aromatic heterocycles. The summed E-state index contributed by atoms with van der Waals surface area (Å²) in [6.07, 6.45) is 2.44. The van der Waals surface area contributed by atoms with Crippen LogP contribution in [0.2, 0.25) is 5.02 Å². The molecule has 2 rings (SSSR count). The van der Waals surface area contributed by atoms with Gasteiger partial charge in [-0.25, -0.2) is 10.2 Å². The quantitative estimate of drug-likeness (QED) is 0.349. The van der Waals surface area contributed by atoms with Crippen LogP contribution in [-0.2, 0) is 11.2 Å². The van der Waals surface area contributed by atoms with E-state index in [9.17, 15) is 4.79 Å². The lowest BCUT2D eigenvalue weighted by Gasteiger charge is -2.13. The Morgan fingerprint density at radius 3 is 2.52 bits per heavy atom. The van der Waals surface area contributed by atoms with Crippen molar-refractivity contribution in [1.29, 1.82) is 0 Å². The van der Waals surface area contributed by atoms with E-state index in [0.29, 0.717) is 41.7 Å². The van der Waals surface area contributed by atoms with E-state index in [1.54, 1.807) is 12.1 Å². The number of nitrogens with zero attached hydrogens (tertiary/aromatic N) is 1. The fourth-order valence-corrected chi connectivity index (χ4v) is 2.68. The summed E-state index contributed by atoms with van der Waals surface area (Å²) >= 11 is 6.31. The van der Waals surface area contributed by atoms with Crippen molar-refractivity contribution >= 4 is 23.9 Å². The lowest BCUT2D eigenvalue weighted by atomic mass is 10.2. The molecule has 156 valence electrons. The Hall–Kier alpha value is -2.93. The van der Waals surface area contributed by atoms with Crippen LogP contribution in [0.15, 0.2) is 41.5 Å². The zero-order chi connectivity index (χ0) is 21.1. The molecule has 0 heterocycles. The molecule has 8 heteroatoms. The second-order valence-electron chi connectivity index (χ2n) is 5.94. The standard InChI is InChI=1S/C21H25ClN2O5/c1-4-15-6-8-17(9-7-15)28-10-5-11-29-20-18(22)12-16(13-19(20)26-2)14-23-24-21(25)27-3/h6-9,12-14H,4-5,10-11H2,1-3H3,(H,24,25)/b23-14-. The van der Waals surface area contributed by atoms with Crippen LogP contribution in [0, 0.1) is 0 Å². The number of nitrogens with one attached hydrogen (secondary N) is 1. The van der Waals surface area contributed by atoms with Crippen molar-refractivity contribution in [2.45, 2.75) is 19.8 Å². The van der Waals surface area contributed by atoms with Gasteiger partial charge < -0.3 is 18.9 Å². The maximum absolute atomic E-state index is 11.0. The van der Waals surface area contributed by atoms with Crippen molar-refractivity contribution in [3.63, 3.8) is 0 Å². The van der Waals surface area contributed by atoms with Gasteiger partial charge >= 0.3 is 6.09 Å². The molecular weight excluding hydrogens is 396 g/mol. The molecule has 1 amide bonds. The molecule has 2 aromatic carbocycles. The number of amides is 1. The Bertz CT molecular complexity index is 825. The summed E-state index contributed by atoms with van der Waals surface area (Å²) in [6.45, 7) is 3.06. The lowest BCUT2D eigenvalue weighted by molar-refractivity contribution is 0.171. The molecule has 0 bridgehead atoms. The number of hydrogen-bond donors (Lipinski definition) is 1. The summed E-state index contributed by atoms with van der Waals surface area (Å²) in [4.78, 5) is 11.0. The van der Waals surface area contributed by atoms with E-state index in [1.165, 1.54) is 26.0 Å². The third-order valence-electron chi connectivity index (χ3n) is 3.94. The van der Waals surface area contributed by atoms with Crippen molar-refractivity contribution in [3.05, 3.63) is 52.5 Å². The van der Waals surface area contributed by atoms with Crippen LogP contribution in [0.3, 0.4) is 0 Å². The number of hydrazone groups is 1. The Morgan fingerprint density at radius 1 is 1.14 bits per heavy atom. The molecule has 0 aliphatic carbocycles. The number of ether oxygens (including phenoxy) is 4. The predicted octanol–water partition coefficient (Wildman–Crippen LogP) is 4.45. The lowest BCUT2D eigenvalue weighted by Crippen LogP contribution is -2.16. The normalized spacial score (nSPS) is 10.6. The largest absolute Gasteiger partial charge is 0.493 e. The van der Waals surface area contributed by atoms with Gasteiger partial charge in [0.15, 0.2) is 11.5 Å². The summed E-state index contributed by atoms with van der Waals surface area (Å²) < 4.78 is 21.3. The number of methoxy groups -OCH3 is 2. The molecular formula is C21H25ClN2O5. The van der Waals surface area contributed by atoms with E-state index in [1.807, 2.05) is 12.1 Å². The van der Waals surface area contributed by atoms with Crippen LogP contribution < -0.4 is 19.6 Å². The molecule has 0 aliphatic heterocycles. The minimum absolute atomic E-state index is 0.375. The second-order valence-corrected chi connectivity index (χ2v) is 6.35. The monoisotopic (exact) mass is 420 g/mol. The highest BCUT2D eigenvalue weighted by Gasteiger charge is 2.11. The molecule has 0 unspecified atom stereocenters. The predicted molar refractivity (Wildman–Crippen MR) is 113 cm³/mol. The van der Waals surface area contributed by atoms with E-state index in [0.717, 1.165) is 12.2 Å². The second kappa shape index (κ2) is 11.8. The van der Waals surface area contributed by atoms with Gasteiger partial charge in [0, 0.05) is 6.42 Å². The third-order valence-corrected chi connectivity index (χ3v) is 4.22. The van der Waals surface area contributed by atoms with Gasteiger partial charge in [-0.1, -0.05) is 30.7 Å². The number of aryl methyl sites for hydroxylation is 1. The van der Waals surface area contributed by atoms with Crippen molar-refractivity contribution in [2.75, 3.05) is 27.4 Å². The maximum atomic E-state index is 11.0. The van der Waals surface area contributed by atoms with Gasteiger partial charge in [-0.15, -0.1) is 0 Å². The van der Waals surface area contributed by atoms with Crippen LogP contribution in [0.4, 0.5) is 4.79 Å². The highest BCUT2D eigenvalue weighted by Crippen LogP contribution is 2.36. The summed E-state index contributed by atoms with van der Waals surface area (Å²) in [5.41, 5.74) is 4.11. The highest BCUT2D eigenvalue weighted by molar-refractivity contribution is 6.32. The van der Waals surface area contributed by atoms with Crippen LogP contribution in [-0.4, -0.2) is 39.7 Å². The van der Waals surface area contributed by atoms with Gasteiger partial charge in [0.25, 0.3) is 0 Å². The molecule has 7 nitrogen and oxygen atoms in total. The van der Waals surface area contributed by atoms with E-state index in [-0.39, 0.29) is 0 Å². The Labute approximate surface area is 175 Å². The van der Waals surface area contributed by atoms with Crippen LogP contribution in [0.1, 0.15) is 24.5 Å². The zero-order valence-corrected chi connectivity index (χ0v) is 17.5. The minimum atomic E-state index is -0.664. The van der Waals surface area contributed by atoms with Crippen LogP contribution in [0.25, 0.3) is 0 Å². The van der Waals surface area contributed by atoms with Crippen LogP contribution in [0.5, 0.6) is 17.2 Å². The molecule has 29 heavy (non-hydrogen) atoms. The smallest absolute Gasteiger partial charge is 0.427 e. The molecule has 1 N–H and O–H groups in total. The first-order chi connectivity index (χ1) is 14.1. The molecule has 0 atom stereocenters. The fraction of sp³-hybridized carbons (Fsp3) is 0.333. The Morgan fingerprint density at radius 2 is 1.86 bits per heavy atom. The molecule has 0 fully saturated rings. The van der Waals surface area contributed by atoms with Crippen LogP contribution >= 0.6 is 11.6 Å². The number of benzene rings is 2. The number of rotatable bonds is 10. The van der Waals surface area contributed by atoms with Crippen molar-refractivity contribution < 1.29 is 23.7 Å². The number of hydrogen-bond acceptors (Lipinski definition) is 6. The van der Waals surface area contributed by atoms with E-state index >= 15 is 0 Å². The molecule has 0 radical (unpaired) electrons. The van der Waals surface area contributed by atoms with E-state index < -0.39 is 6.09 Å². The first kappa shape index (κ1) is 22.4. The molecule has 0 saturated carbocycles. The van der Waals surface area contributed by atoms with Gasteiger partial charge in [0.05, 0.1) is 38.7 Å². The molecule has 0 aliphatic rings. The van der Waals surface area contributed by atoms with Gasteiger partial charge in [-0.2, -0.15) is 5.10 Å². The molecule has 0 saturated heterocycles. The summed E-state index contributed by atoms with van der Waals surface area (Å²) in [5.74, 6) is 1.75. The van der Waals surface area contributed by atoms with Crippen molar-refractivity contribution in [3.8, 4) is 17.2 Å². The minimum Gasteiger partial charge on any atom is -0.493 e. The van der Waals surface area contributed by atoms with Gasteiger partial charge in [-0.3, -0.25) is 0 Å². The Balaban J connectivity index is 1.86. The zero-order valence-electron chi connectivity index (χ0n) is 16.7. The third kappa shape index (κ3) is 7.19. The van der Waals surface area contributed by atoms with Crippen molar-refractivity contribution in [2.24, 2.45) is 5.10 Å². The average molecular weight is 421 g/mol. The molecule has 2 aromatic rings. The van der Waals surface area contributed by atoms with E-state index in [2.05, 4.69) is 34.3 Å². The van der Waals surface area contributed by atoms with Gasteiger partial charge in [0.2, 0.25) is 0 Å². The number of carbonyl (C=O) groups is 1. The van der Waals surface area contributed by atoms with Gasteiger partial charge in [0.1, 0.15) is 5.75 Å². The summed E-state index contributed by atoms with van der Waals surface area (Å²) in [6, 6.07) is 11.4. The fourth-order valence-electron chi connectivity index (χ4n) is 2.40. The SMILES string of the molecule is CCc1ccc(OCCCOc2c(Cl)cc(/C=N\NC(=O)OC)cc2OC)cc1. The summed E-state index contributed by atoms with van der Waals surface area (Å²) in [7, 11) is 2.78. The topological polar surface area (TPSA) is 78.4 Å². The maximum Gasteiger partial charge on any atom is 0.427 e. The highest BCUT2D eigenvalue weighted by atomic mass is 35.5. The van der Waals surface area contributed by atoms with E-state index in [4.69, 9.17) is 25.8 Å².